The van der Waals surface area contributed by atoms with Gasteiger partial charge in [-0.3, -0.25) is 4.79 Å². The van der Waals surface area contributed by atoms with Crippen molar-refractivity contribution in [3.63, 3.8) is 0 Å². The van der Waals surface area contributed by atoms with Crippen molar-refractivity contribution in [2.24, 2.45) is 0 Å². The van der Waals surface area contributed by atoms with Gasteiger partial charge in [0.2, 0.25) is 0 Å². The van der Waals surface area contributed by atoms with Crippen LogP contribution in [0.4, 0.5) is 0 Å². The Morgan fingerprint density at radius 3 is 2.19 bits per heavy atom. The smallest absolute Gasteiger partial charge is 0.306 e. The molecular formula is C28H42O4. The van der Waals surface area contributed by atoms with Crippen LogP contribution in [-0.2, 0) is 19.0 Å². The van der Waals surface area contributed by atoms with E-state index < -0.39 is 0 Å². The van der Waals surface area contributed by atoms with Gasteiger partial charge in [0.1, 0.15) is 6.10 Å². The highest BCUT2D eigenvalue weighted by atomic mass is 16.7. The molecule has 0 spiro atoms. The van der Waals surface area contributed by atoms with Crippen LogP contribution in [0.2, 0.25) is 0 Å². The zero-order chi connectivity index (χ0) is 22.7. The van der Waals surface area contributed by atoms with E-state index in [1.165, 1.54) is 44.9 Å². The molecule has 0 saturated carbocycles. The Morgan fingerprint density at radius 2 is 1.50 bits per heavy atom. The molecule has 4 heteroatoms. The summed E-state index contributed by atoms with van der Waals surface area (Å²) >= 11 is 0. The normalized spacial score (nSPS) is 19.0. The van der Waals surface area contributed by atoms with E-state index in [0.29, 0.717) is 19.6 Å². The average Bonchev–Trinajstić information content (AvgIpc) is 2.82. The third kappa shape index (κ3) is 12.2. The molecule has 0 unspecified atom stereocenters. The van der Waals surface area contributed by atoms with Gasteiger partial charge in [-0.25, -0.2) is 0 Å². The molecule has 0 atom stereocenters. The van der Waals surface area contributed by atoms with Crippen molar-refractivity contribution in [2.75, 3.05) is 13.2 Å². The van der Waals surface area contributed by atoms with Gasteiger partial charge in [0.05, 0.1) is 13.2 Å². The van der Waals surface area contributed by atoms with Crippen LogP contribution < -0.4 is 0 Å². The summed E-state index contributed by atoms with van der Waals surface area (Å²) < 4.78 is 16.9. The minimum absolute atomic E-state index is 0.147. The monoisotopic (exact) mass is 442 g/mol. The van der Waals surface area contributed by atoms with Gasteiger partial charge >= 0.3 is 5.97 Å². The van der Waals surface area contributed by atoms with Crippen LogP contribution in [0.5, 0.6) is 0 Å². The van der Waals surface area contributed by atoms with E-state index in [2.05, 4.69) is 31.2 Å². The van der Waals surface area contributed by atoms with Crippen LogP contribution in [0.25, 0.3) is 0 Å². The molecule has 178 valence electrons. The highest BCUT2D eigenvalue weighted by Crippen LogP contribution is 2.23. The quantitative estimate of drug-likeness (QED) is 0.151. The van der Waals surface area contributed by atoms with E-state index >= 15 is 0 Å². The van der Waals surface area contributed by atoms with E-state index in [-0.39, 0.29) is 18.4 Å². The van der Waals surface area contributed by atoms with E-state index in [0.717, 1.165) is 31.2 Å². The Balaban J connectivity index is 1.39. The highest BCUT2D eigenvalue weighted by Gasteiger charge is 2.25. The first-order chi connectivity index (χ1) is 15.8. The second-order valence-electron chi connectivity index (χ2n) is 8.50. The lowest BCUT2D eigenvalue weighted by Gasteiger charge is -2.29. The van der Waals surface area contributed by atoms with Crippen LogP contribution in [0, 0.1) is 0 Å². The molecule has 2 rings (SSSR count). The predicted molar refractivity (Wildman–Crippen MR) is 130 cm³/mol. The van der Waals surface area contributed by atoms with E-state index in [9.17, 15) is 4.79 Å². The number of rotatable bonds is 16. The summed E-state index contributed by atoms with van der Waals surface area (Å²) in [6.45, 7) is 3.01. The summed E-state index contributed by atoms with van der Waals surface area (Å²) in [4.78, 5) is 12.0. The fourth-order valence-corrected chi connectivity index (χ4v) is 3.68. The number of allylic oxidation sites excluding steroid dienone is 4. The van der Waals surface area contributed by atoms with Crippen molar-refractivity contribution in [3.05, 3.63) is 60.2 Å². The first-order valence-corrected chi connectivity index (χ1v) is 12.6. The van der Waals surface area contributed by atoms with E-state index in [1.54, 1.807) is 0 Å². The Hall–Kier alpha value is -1.91. The summed E-state index contributed by atoms with van der Waals surface area (Å²) in [5.74, 6) is -0.147. The van der Waals surface area contributed by atoms with Crippen LogP contribution in [0.15, 0.2) is 54.6 Å². The molecule has 0 N–H and O–H groups in total. The number of benzene rings is 1. The standard InChI is InChI=1S/C28H42O4/c1-2-3-4-5-6-7-8-9-10-11-12-13-14-15-19-22-27(29)32-26-23-30-28(31-24-26)25-20-17-16-18-21-25/h6-7,9-10,16-18,20-21,26,28H,2-5,8,11-15,19,22-24H2,1H3/b7-6-,10-9-. The maximum Gasteiger partial charge on any atom is 0.306 e. The number of carbonyl (C=O) groups is 1. The molecule has 1 saturated heterocycles. The van der Waals surface area contributed by atoms with Crippen molar-refractivity contribution in [1.82, 2.24) is 0 Å². The summed E-state index contributed by atoms with van der Waals surface area (Å²) in [5, 5.41) is 0. The predicted octanol–water partition coefficient (Wildman–Crippen LogP) is 7.46. The molecule has 32 heavy (non-hydrogen) atoms. The van der Waals surface area contributed by atoms with Gasteiger partial charge in [0.25, 0.3) is 0 Å². The molecule has 0 aromatic heterocycles. The molecule has 1 aliphatic heterocycles. The minimum atomic E-state index is -0.368. The number of hydrogen-bond donors (Lipinski definition) is 0. The maximum absolute atomic E-state index is 12.0. The van der Waals surface area contributed by atoms with Gasteiger partial charge in [0.15, 0.2) is 6.29 Å². The van der Waals surface area contributed by atoms with Gasteiger partial charge in [-0.2, -0.15) is 0 Å². The molecule has 0 radical (unpaired) electrons. The fourth-order valence-electron chi connectivity index (χ4n) is 3.68. The first kappa shape index (κ1) is 26.3. The van der Waals surface area contributed by atoms with Crippen molar-refractivity contribution >= 4 is 5.97 Å². The average molecular weight is 443 g/mol. The van der Waals surface area contributed by atoms with Crippen LogP contribution in [0.3, 0.4) is 0 Å². The Labute approximate surface area is 195 Å². The van der Waals surface area contributed by atoms with E-state index in [1.807, 2.05) is 30.3 Å². The largest absolute Gasteiger partial charge is 0.457 e. The van der Waals surface area contributed by atoms with Gasteiger partial charge in [-0.05, 0) is 38.5 Å². The van der Waals surface area contributed by atoms with Gasteiger partial charge in [-0.15, -0.1) is 0 Å². The Kier molecular flexibility index (Phi) is 14.5. The molecule has 1 aromatic carbocycles. The maximum atomic E-state index is 12.0. The van der Waals surface area contributed by atoms with Crippen LogP contribution in [0.1, 0.15) is 95.8 Å². The number of ether oxygens (including phenoxy) is 3. The molecule has 1 aliphatic rings. The number of carbonyl (C=O) groups excluding carboxylic acids is 1. The molecule has 0 aliphatic carbocycles. The lowest BCUT2D eigenvalue weighted by molar-refractivity contribution is -0.229. The topological polar surface area (TPSA) is 44.8 Å². The van der Waals surface area contributed by atoms with Crippen molar-refractivity contribution in [1.29, 1.82) is 0 Å². The summed E-state index contributed by atoms with van der Waals surface area (Å²) in [6, 6.07) is 9.82. The zero-order valence-electron chi connectivity index (χ0n) is 19.9. The zero-order valence-corrected chi connectivity index (χ0v) is 19.9. The number of esters is 1. The Bertz CT molecular complexity index is 645. The fraction of sp³-hybridized carbons (Fsp3) is 0.607. The molecule has 1 heterocycles. The second kappa shape index (κ2) is 17.6. The highest BCUT2D eigenvalue weighted by molar-refractivity contribution is 5.69. The third-order valence-corrected chi connectivity index (χ3v) is 5.57. The third-order valence-electron chi connectivity index (χ3n) is 5.57. The lowest BCUT2D eigenvalue weighted by atomic mass is 10.1. The van der Waals surface area contributed by atoms with E-state index in [4.69, 9.17) is 14.2 Å². The SMILES string of the molecule is CCCCC/C=C\C/C=C\CCCCCCCC(=O)OC1COC(c2ccccc2)OC1. The van der Waals surface area contributed by atoms with Gasteiger partial charge in [0, 0.05) is 12.0 Å². The summed E-state index contributed by atoms with van der Waals surface area (Å²) in [5.41, 5.74) is 0.988. The number of hydrogen-bond acceptors (Lipinski definition) is 4. The van der Waals surface area contributed by atoms with Crippen LogP contribution >= 0.6 is 0 Å². The van der Waals surface area contributed by atoms with Crippen molar-refractivity contribution in [3.8, 4) is 0 Å². The second-order valence-corrected chi connectivity index (χ2v) is 8.50. The Morgan fingerprint density at radius 1 is 0.875 bits per heavy atom. The summed E-state index contributed by atoms with van der Waals surface area (Å²) in [6.07, 6.45) is 21.9. The van der Waals surface area contributed by atoms with Crippen LogP contribution in [-0.4, -0.2) is 25.3 Å². The number of unbranched alkanes of at least 4 members (excludes halogenated alkanes) is 8. The molecule has 1 aromatic rings. The molecular weight excluding hydrogens is 400 g/mol. The molecule has 4 nitrogen and oxygen atoms in total. The van der Waals surface area contributed by atoms with Crippen molar-refractivity contribution < 1.29 is 19.0 Å². The van der Waals surface area contributed by atoms with Gasteiger partial charge < -0.3 is 14.2 Å². The first-order valence-electron chi connectivity index (χ1n) is 12.6. The molecule has 0 bridgehead atoms. The lowest BCUT2D eigenvalue weighted by Crippen LogP contribution is -2.35. The van der Waals surface area contributed by atoms with Gasteiger partial charge in [-0.1, -0.05) is 93.7 Å². The minimum Gasteiger partial charge on any atom is -0.457 e. The van der Waals surface area contributed by atoms with Crippen molar-refractivity contribution in [2.45, 2.75) is 96.4 Å². The molecule has 1 fully saturated rings. The summed E-state index contributed by atoms with van der Waals surface area (Å²) in [7, 11) is 0. The molecule has 0 amide bonds.